The maximum absolute atomic E-state index is 11.9. The Labute approximate surface area is 98.0 Å². The number of nitrogens with two attached hydrogens (primary N) is 1. The number of amides is 1. The summed E-state index contributed by atoms with van der Waals surface area (Å²) in [5, 5.41) is 9.18. The van der Waals surface area contributed by atoms with Crippen LogP contribution in [-0.2, 0) is 13.6 Å². The number of carbonyl (C=O) groups excluding carboxylic acids is 1. The van der Waals surface area contributed by atoms with Gasteiger partial charge in [0, 0.05) is 25.1 Å². The first kappa shape index (κ1) is 11.2. The third-order valence-corrected chi connectivity index (χ3v) is 2.53. The molecule has 0 saturated carbocycles. The van der Waals surface area contributed by atoms with Gasteiger partial charge in [-0.15, -0.1) is 0 Å². The van der Waals surface area contributed by atoms with Crippen molar-refractivity contribution in [1.29, 1.82) is 0 Å². The monoisotopic (exact) mass is 234 g/mol. The van der Waals surface area contributed by atoms with E-state index in [4.69, 9.17) is 5.73 Å². The number of hydrogen-bond donors (Lipinski definition) is 3. The highest BCUT2D eigenvalue weighted by atomic mass is 16.1. The van der Waals surface area contributed by atoms with Crippen LogP contribution in [0.15, 0.2) is 12.4 Å². The number of nitrogens with one attached hydrogen (secondary N) is 2. The average molecular weight is 234 g/mol. The molecule has 1 amide bonds. The van der Waals surface area contributed by atoms with Crippen molar-refractivity contribution < 1.29 is 4.79 Å². The van der Waals surface area contributed by atoms with Crippen molar-refractivity contribution in [1.82, 2.24) is 25.1 Å². The van der Waals surface area contributed by atoms with Crippen LogP contribution in [0.2, 0.25) is 0 Å². The quantitative estimate of drug-likeness (QED) is 0.693. The molecule has 17 heavy (non-hydrogen) atoms. The second-order valence-electron chi connectivity index (χ2n) is 3.75. The summed E-state index contributed by atoms with van der Waals surface area (Å²) in [6.07, 6.45) is 3.50. The Morgan fingerprint density at radius 3 is 2.94 bits per heavy atom. The number of nitrogens with zero attached hydrogens (tertiary/aromatic N) is 3. The number of aryl methyl sites for hydroxylation is 2. The molecule has 2 aromatic heterocycles. The van der Waals surface area contributed by atoms with Crippen LogP contribution in [0, 0.1) is 6.92 Å². The van der Waals surface area contributed by atoms with Gasteiger partial charge in [0.05, 0.1) is 6.54 Å². The van der Waals surface area contributed by atoms with E-state index in [1.54, 1.807) is 13.1 Å². The molecule has 90 valence electrons. The Balaban J connectivity index is 2.06. The number of hydrogen-bond acceptors (Lipinski definition) is 4. The lowest BCUT2D eigenvalue weighted by Crippen LogP contribution is -2.25. The van der Waals surface area contributed by atoms with Gasteiger partial charge in [0.25, 0.3) is 5.91 Å². The molecule has 0 spiro atoms. The van der Waals surface area contributed by atoms with Gasteiger partial charge in [0.1, 0.15) is 11.4 Å². The number of imidazole rings is 1. The van der Waals surface area contributed by atoms with Crippen LogP contribution >= 0.6 is 0 Å². The van der Waals surface area contributed by atoms with E-state index in [0.29, 0.717) is 17.8 Å². The molecule has 0 unspecified atom stereocenters. The molecule has 0 saturated heterocycles. The predicted molar refractivity (Wildman–Crippen MR) is 62.1 cm³/mol. The molecule has 0 aliphatic carbocycles. The zero-order valence-corrected chi connectivity index (χ0v) is 9.69. The smallest absolute Gasteiger partial charge is 0.257 e. The second-order valence-corrected chi connectivity index (χ2v) is 3.75. The van der Waals surface area contributed by atoms with E-state index in [-0.39, 0.29) is 11.7 Å². The molecule has 0 aromatic carbocycles. The lowest BCUT2D eigenvalue weighted by Gasteiger charge is -2.05. The molecular formula is C10H14N6O. The molecule has 0 radical (unpaired) electrons. The summed E-state index contributed by atoms with van der Waals surface area (Å²) >= 11 is 0. The number of rotatable bonds is 3. The third-order valence-electron chi connectivity index (χ3n) is 2.53. The minimum atomic E-state index is -0.253. The van der Waals surface area contributed by atoms with Gasteiger partial charge in [0.15, 0.2) is 5.82 Å². The molecule has 0 bridgehead atoms. The summed E-state index contributed by atoms with van der Waals surface area (Å²) < 4.78 is 1.84. The maximum Gasteiger partial charge on any atom is 0.257 e. The number of nitrogen functional groups attached to an aromatic ring is 1. The van der Waals surface area contributed by atoms with Gasteiger partial charge in [-0.3, -0.25) is 9.89 Å². The Bertz CT molecular complexity index is 521. The number of aromatic nitrogens is 4. The SMILES string of the molecule is Cc1[nH]nc(N)c1C(=O)NCc1nccn1C. The largest absolute Gasteiger partial charge is 0.382 e. The molecule has 7 nitrogen and oxygen atoms in total. The maximum atomic E-state index is 11.9. The summed E-state index contributed by atoms with van der Waals surface area (Å²) in [4.78, 5) is 16.0. The van der Waals surface area contributed by atoms with E-state index >= 15 is 0 Å². The van der Waals surface area contributed by atoms with E-state index < -0.39 is 0 Å². The van der Waals surface area contributed by atoms with Crippen molar-refractivity contribution >= 4 is 11.7 Å². The zero-order chi connectivity index (χ0) is 12.4. The first-order valence-corrected chi connectivity index (χ1v) is 5.14. The molecule has 0 atom stereocenters. The van der Waals surface area contributed by atoms with E-state index in [0.717, 1.165) is 5.82 Å². The van der Waals surface area contributed by atoms with Crippen LogP contribution in [0.5, 0.6) is 0 Å². The van der Waals surface area contributed by atoms with Crippen molar-refractivity contribution in [3.05, 3.63) is 29.5 Å². The molecule has 7 heteroatoms. The van der Waals surface area contributed by atoms with Crippen molar-refractivity contribution in [3.63, 3.8) is 0 Å². The average Bonchev–Trinajstić information content (AvgIpc) is 2.83. The summed E-state index contributed by atoms with van der Waals surface area (Å²) in [6.45, 7) is 2.10. The van der Waals surface area contributed by atoms with Crippen LogP contribution < -0.4 is 11.1 Å². The molecule has 0 fully saturated rings. The van der Waals surface area contributed by atoms with Crippen molar-refractivity contribution in [2.24, 2.45) is 7.05 Å². The molecule has 4 N–H and O–H groups in total. The van der Waals surface area contributed by atoms with Gasteiger partial charge < -0.3 is 15.6 Å². The Morgan fingerprint density at radius 2 is 2.41 bits per heavy atom. The van der Waals surface area contributed by atoms with Crippen LogP contribution in [0.3, 0.4) is 0 Å². The topological polar surface area (TPSA) is 102 Å². The van der Waals surface area contributed by atoms with E-state index in [9.17, 15) is 4.79 Å². The number of carbonyl (C=O) groups is 1. The lowest BCUT2D eigenvalue weighted by molar-refractivity contribution is 0.0950. The first-order valence-electron chi connectivity index (χ1n) is 5.14. The van der Waals surface area contributed by atoms with Gasteiger partial charge >= 0.3 is 0 Å². The van der Waals surface area contributed by atoms with Crippen molar-refractivity contribution in [3.8, 4) is 0 Å². The molecule has 0 aliphatic heterocycles. The first-order chi connectivity index (χ1) is 8.09. The number of aromatic amines is 1. The Kier molecular flexibility index (Phi) is 2.82. The minimum Gasteiger partial charge on any atom is -0.382 e. The van der Waals surface area contributed by atoms with Gasteiger partial charge in [-0.25, -0.2) is 4.98 Å². The highest BCUT2D eigenvalue weighted by Gasteiger charge is 2.15. The molecule has 2 rings (SSSR count). The lowest BCUT2D eigenvalue weighted by atomic mass is 10.2. The summed E-state index contributed by atoms with van der Waals surface area (Å²) in [6, 6.07) is 0. The highest BCUT2D eigenvalue weighted by Crippen LogP contribution is 2.11. The Morgan fingerprint density at radius 1 is 1.65 bits per heavy atom. The molecule has 0 aliphatic rings. The predicted octanol–water partition coefficient (Wildman–Crippen LogP) is -0.0362. The molecule has 2 heterocycles. The van der Waals surface area contributed by atoms with Crippen LogP contribution in [0.4, 0.5) is 5.82 Å². The fourth-order valence-electron chi connectivity index (χ4n) is 1.55. The van der Waals surface area contributed by atoms with Crippen LogP contribution in [0.1, 0.15) is 21.9 Å². The summed E-state index contributed by atoms with van der Waals surface area (Å²) in [5.41, 5.74) is 6.64. The van der Waals surface area contributed by atoms with Crippen molar-refractivity contribution in [2.75, 3.05) is 5.73 Å². The van der Waals surface area contributed by atoms with E-state index in [2.05, 4.69) is 20.5 Å². The van der Waals surface area contributed by atoms with Gasteiger partial charge in [-0.2, -0.15) is 5.10 Å². The molecule has 2 aromatic rings. The van der Waals surface area contributed by atoms with E-state index in [1.165, 1.54) is 0 Å². The fraction of sp³-hybridized carbons (Fsp3) is 0.300. The summed E-state index contributed by atoms with van der Waals surface area (Å²) in [5.74, 6) is 0.731. The van der Waals surface area contributed by atoms with Gasteiger partial charge in [-0.05, 0) is 6.92 Å². The zero-order valence-electron chi connectivity index (χ0n) is 9.69. The second kappa shape index (κ2) is 4.28. The third kappa shape index (κ3) is 2.12. The number of anilines is 1. The van der Waals surface area contributed by atoms with E-state index in [1.807, 2.05) is 17.8 Å². The summed E-state index contributed by atoms with van der Waals surface area (Å²) in [7, 11) is 1.87. The number of H-pyrrole nitrogens is 1. The van der Waals surface area contributed by atoms with Crippen LogP contribution in [0.25, 0.3) is 0 Å². The normalized spacial score (nSPS) is 10.5. The van der Waals surface area contributed by atoms with Crippen LogP contribution in [-0.4, -0.2) is 25.7 Å². The standard InChI is InChI=1S/C10H14N6O/c1-6-8(9(11)15-14-6)10(17)13-5-7-12-3-4-16(7)2/h3-4H,5H2,1-2H3,(H,13,17)(H3,11,14,15). The molecular weight excluding hydrogens is 220 g/mol. The van der Waals surface area contributed by atoms with Gasteiger partial charge in [-0.1, -0.05) is 0 Å². The van der Waals surface area contributed by atoms with Gasteiger partial charge in [0.2, 0.25) is 0 Å². The Hall–Kier alpha value is -2.31. The minimum absolute atomic E-state index is 0.208. The van der Waals surface area contributed by atoms with Crippen molar-refractivity contribution in [2.45, 2.75) is 13.5 Å². The highest BCUT2D eigenvalue weighted by molar-refractivity contribution is 5.99. The fourth-order valence-corrected chi connectivity index (χ4v) is 1.55.